The minimum absolute atomic E-state index is 0.850. The van der Waals surface area contributed by atoms with Crippen LogP contribution in [-0.2, 0) is 0 Å². The summed E-state index contributed by atoms with van der Waals surface area (Å²) in [5.74, 6) is 1.87. The summed E-state index contributed by atoms with van der Waals surface area (Å²) in [4.78, 5) is 2.71. The lowest BCUT2D eigenvalue weighted by atomic mass is 9.86. The van der Waals surface area contributed by atoms with E-state index in [1.165, 1.54) is 38.8 Å². The van der Waals surface area contributed by atoms with Crippen molar-refractivity contribution < 1.29 is 0 Å². The third kappa shape index (κ3) is 2.98. The molecule has 1 nitrogen and oxygen atoms in total. The van der Waals surface area contributed by atoms with Crippen molar-refractivity contribution in [2.75, 3.05) is 13.1 Å². The minimum Gasteiger partial charge on any atom is -0.300 e. The maximum Gasteiger partial charge on any atom is 0.00900 e. The summed E-state index contributed by atoms with van der Waals surface area (Å²) in [7, 11) is 0. The van der Waals surface area contributed by atoms with Gasteiger partial charge in [0.1, 0.15) is 0 Å². The molecule has 1 heterocycles. The van der Waals surface area contributed by atoms with Crippen LogP contribution in [0.25, 0.3) is 0 Å². The van der Waals surface area contributed by atoms with E-state index in [1.54, 1.807) is 0 Å². The first kappa shape index (κ1) is 12.0. The van der Waals surface area contributed by atoms with Crippen LogP contribution >= 0.6 is 0 Å². The molecule has 1 aliphatic heterocycles. The smallest absolute Gasteiger partial charge is 0.00900 e. The van der Waals surface area contributed by atoms with Gasteiger partial charge in [0.05, 0.1) is 0 Å². The SMILES string of the molecule is CCC(CC)N1CCC(C(C)C)CC1. The zero-order valence-corrected chi connectivity index (χ0v) is 10.4. The summed E-state index contributed by atoms with van der Waals surface area (Å²) in [5.41, 5.74) is 0. The van der Waals surface area contributed by atoms with Gasteiger partial charge >= 0.3 is 0 Å². The van der Waals surface area contributed by atoms with Gasteiger partial charge in [0.2, 0.25) is 0 Å². The fraction of sp³-hybridized carbons (Fsp3) is 1.00. The molecule has 1 fully saturated rings. The molecule has 0 aromatic rings. The number of nitrogens with zero attached hydrogens (tertiary/aromatic N) is 1. The Kier molecular flexibility index (Phi) is 4.94. The van der Waals surface area contributed by atoms with Crippen molar-refractivity contribution in [3.63, 3.8) is 0 Å². The van der Waals surface area contributed by atoms with Crippen LogP contribution in [0.4, 0.5) is 0 Å². The quantitative estimate of drug-likeness (QED) is 0.666. The van der Waals surface area contributed by atoms with E-state index in [2.05, 4.69) is 32.6 Å². The van der Waals surface area contributed by atoms with Gasteiger partial charge in [-0.1, -0.05) is 27.7 Å². The van der Waals surface area contributed by atoms with Crippen molar-refractivity contribution in [1.82, 2.24) is 4.90 Å². The highest BCUT2D eigenvalue weighted by Gasteiger charge is 2.24. The van der Waals surface area contributed by atoms with Gasteiger partial charge in [0.25, 0.3) is 0 Å². The van der Waals surface area contributed by atoms with Crippen LogP contribution in [0.5, 0.6) is 0 Å². The topological polar surface area (TPSA) is 3.24 Å². The van der Waals surface area contributed by atoms with Gasteiger partial charge in [-0.3, -0.25) is 0 Å². The first-order chi connectivity index (χ1) is 6.69. The molecular formula is C13H27N. The summed E-state index contributed by atoms with van der Waals surface area (Å²) in [6, 6.07) is 0.850. The fourth-order valence-electron chi connectivity index (χ4n) is 2.76. The molecule has 0 unspecified atom stereocenters. The van der Waals surface area contributed by atoms with Crippen molar-refractivity contribution in [1.29, 1.82) is 0 Å². The molecule has 0 aliphatic carbocycles. The van der Waals surface area contributed by atoms with Gasteiger partial charge in [0, 0.05) is 6.04 Å². The van der Waals surface area contributed by atoms with E-state index in [-0.39, 0.29) is 0 Å². The number of rotatable bonds is 4. The lowest BCUT2D eigenvalue weighted by molar-refractivity contribution is 0.109. The van der Waals surface area contributed by atoms with Gasteiger partial charge < -0.3 is 4.90 Å². The highest BCUT2D eigenvalue weighted by Crippen LogP contribution is 2.26. The summed E-state index contributed by atoms with van der Waals surface area (Å²) >= 11 is 0. The van der Waals surface area contributed by atoms with E-state index in [1.807, 2.05) is 0 Å². The van der Waals surface area contributed by atoms with E-state index in [9.17, 15) is 0 Å². The molecule has 84 valence electrons. The second-order valence-electron chi connectivity index (χ2n) is 5.09. The molecule has 0 saturated carbocycles. The molecule has 1 saturated heterocycles. The monoisotopic (exact) mass is 197 g/mol. The van der Waals surface area contributed by atoms with Crippen LogP contribution in [0.2, 0.25) is 0 Å². The van der Waals surface area contributed by atoms with Gasteiger partial charge in [-0.05, 0) is 50.6 Å². The number of hydrogen-bond acceptors (Lipinski definition) is 1. The van der Waals surface area contributed by atoms with Crippen molar-refractivity contribution in [3.8, 4) is 0 Å². The van der Waals surface area contributed by atoms with Crippen LogP contribution < -0.4 is 0 Å². The molecule has 0 amide bonds. The van der Waals surface area contributed by atoms with Gasteiger partial charge in [0.15, 0.2) is 0 Å². The predicted molar refractivity (Wildman–Crippen MR) is 63.5 cm³/mol. The highest BCUT2D eigenvalue weighted by atomic mass is 15.2. The number of hydrogen-bond donors (Lipinski definition) is 0. The molecule has 1 rings (SSSR count). The molecule has 0 spiro atoms. The van der Waals surface area contributed by atoms with Gasteiger partial charge in [-0.25, -0.2) is 0 Å². The van der Waals surface area contributed by atoms with E-state index in [0.717, 1.165) is 17.9 Å². The Labute approximate surface area is 89.9 Å². The third-order valence-electron chi connectivity index (χ3n) is 3.98. The number of likely N-dealkylation sites (tertiary alicyclic amines) is 1. The van der Waals surface area contributed by atoms with Crippen molar-refractivity contribution in [3.05, 3.63) is 0 Å². The maximum atomic E-state index is 2.71. The standard InChI is InChI=1S/C13H27N/c1-5-13(6-2)14-9-7-12(8-10-14)11(3)4/h11-13H,5-10H2,1-4H3. The molecule has 1 heteroatoms. The lowest BCUT2D eigenvalue weighted by Crippen LogP contribution is -2.41. The summed E-state index contributed by atoms with van der Waals surface area (Å²) in [5, 5.41) is 0. The average molecular weight is 197 g/mol. The van der Waals surface area contributed by atoms with Gasteiger partial charge in [-0.15, -0.1) is 0 Å². The minimum atomic E-state index is 0.850. The zero-order chi connectivity index (χ0) is 10.6. The molecule has 0 radical (unpaired) electrons. The Morgan fingerprint density at radius 3 is 1.93 bits per heavy atom. The molecule has 0 atom stereocenters. The zero-order valence-electron chi connectivity index (χ0n) is 10.4. The first-order valence-electron chi connectivity index (χ1n) is 6.43. The van der Waals surface area contributed by atoms with Gasteiger partial charge in [-0.2, -0.15) is 0 Å². The molecule has 14 heavy (non-hydrogen) atoms. The van der Waals surface area contributed by atoms with E-state index in [4.69, 9.17) is 0 Å². The predicted octanol–water partition coefficient (Wildman–Crippen LogP) is 3.54. The van der Waals surface area contributed by atoms with Crippen LogP contribution in [0, 0.1) is 11.8 Å². The third-order valence-corrected chi connectivity index (χ3v) is 3.98. The second-order valence-corrected chi connectivity index (χ2v) is 5.09. The normalized spacial score (nSPS) is 21.0. The molecule has 0 aromatic carbocycles. The summed E-state index contributed by atoms with van der Waals surface area (Å²) < 4.78 is 0. The molecule has 0 bridgehead atoms. The Hall–Kier alpha value is -0.0400. The van der Waals surface area contributed by atoms with Crippen molar-refractivity contribution in [2.24, 2.45) is 11.8 Å². The van der Waals surface area contributed by atoms with Crippen LogP contribution in [-0.4, -0.2) is 24.0 Å². The summed E-state index contributed by atoms with van der Waals surface area (Å²) in [6.45, 7) is 12.1. The molecule has 0 N–H and O–H groups in total. The Morgan fingerprint density at radius 2 is 1.57 bits per heavy atom. The van der Waals surface area contributed by atoms with Crippen LogP contribution in [0.3, 0.4) is 0 Å². The Balaban J connectivity index is 2.34. The number of piperidine rings is 1. The maximum absolute atomic E-state index is 2.71. The Bertz CT molecular complexity index is 141. The lowest BCUT2D eigenvalue weighted by Gasteiger charge is -2.38. The van der Waals surface area contributed by atoms with Crippen LogP contribution in [0.1, 0.15) is 53.4 Å². The Morgan fingerprint density at radius 1 is 1.07 bits per heavy atom. The molecular weight excluding hydrogens is 170 g/mol. The van der Waals surface area contributed by atoms with E-state index < -0.39 is 0 Å². The fourth-order valence-corrected chi connectivity index (χ4v) is 2.76. The van der Waals surface area contributed by atoms with Crippen LogP contribution in [0.15, 0.2) is 0 Å². The molecule has 1 aliphatic rings. The second kappa shape index (κ2) is 5.75. The largest absolute Gasteiger partial charge is 0.300 e. The van der Waals surface area contributed by atoms with Crippen molar-refractivity contribution >= 4 is 0 Å². The average Bonchev–Trinajstić information content (AvgIpc) is 2.20. The van der Waals surface area contributed by atoms with E-state index in [0.29, 0.717) is 0 Å². The molecule has 0 aromatic heterocycles. The highest BCUT2D eigenvalue weighted by molar-refractivity contribution is 4.78. The summed E-state index contributed by atoms with van der Waals surface area (Å²) in [6.07, 6.45) is 5.49. The van der Waals surface area contributed by atoms with Crippen molar-refractivity contribution in [2.45, 2.75) is 59.4 Å². The van der Waals surface area contributed by atoms with E-state index >= 15 is 0 Å². The first-order valence-corrected chi connectivity index (χ1v) is 6.43.